The van der Waals surface area contributed by atoms with Gasteiger partial charge in [-0.3, -0.25) is 14.7 Å². The molecule has 1 aromatic heterocycles. The van der Waals surface area contributed by atoms with Gasteiger partial charge in [0.2, 0.25) is 5.82 Å². The maximum Gasteiger partial charge on any atom is 0.256 e. The van der Waals surface area contributed by atoms with Crippen LogP contribution in [0.3, 0.4) is 0 Å². The molecule has 3 aromatic rings. The number of carbonyl (C=O) groups is 1. The first-order chi connectivity index (χ1) is 16.8. The van der Waals surface area contributed by atoms with E-state index in [4.69, 9.17) is 9.10 Å². The van der Waals surface area contributed by atoms with Gasteiger partial charge in [-0.1, -0.05) is 74.6 Å². The normalized spacial score (nSPS) is 19.1. The third-order valence-electron chi connectivity index (χ3n) is 6.42. The van der Waals surface area contributed by atoms with Crippen LogP contribution in [0.25, 0.3) is 22.5 Å². The Labute approximate surface area is 192 Å². The van der Waals surface area contributed by atoms with Crippen LogP contribution < -0.4 is 0 Å². The van der Waals surface area contributed by atoms with Crippen LogP contribution in [0.2, 0.25) is 0 Å². The number of aromatic nitrogens is 4. The van der Waals surface area contributed by atoms with Gasteiger partial charge in [0.1, 0.15) is 11.4 Å². The molecule has 0 bridgehead atoms. The van der Waals surface area contributed by atoms with Gasteiger partial charge < -0.3 is 0 Å². The number of tetrazole rings is 1. The van der Waals surface area contributed by atoms with Crippen molar-refractivity contribution in [2.75, 3.05) is 0 Å². The van der Waals surface area contributed by atoms with Crippen LogP contribution >= 0.6 is 0 Å². The molecule has 1 saturated carbocycles. The number of hydrogen-bond acceptors (Lipinski definition) is 5. The molecule has 0 unspecified atom stereocenters. The van der Waals surface area contributed by atoms with Gasteiger partial charge in [-0.2, -0.15) is 5.21 Å². The van der Waals surface area contributed by atoms with Crippen LogP contribution in [0, 0.1) is 0 Å². The predicted octanol–water partition coefficient (Wildman–Crippen LogP) is 4.78. The third-order valence-corrected chi connectivity index (χ3v) is 6.42. The van der Waals surface area contributed by atoms with Gasteiger partial charge in [-0.25, -0.2) is 0 Å². The third kappa shape index (κ3) is 3.72. The second kappa shape index (κ2) is 8.65. The van der Waals surface area contributed by atoms with Crippen LogP contribution in [0.4, 0.5) is 0 Å². The van der Waals surface area contributed by atoms with Gasteiger partial charge in [0.05, 0.1) is 6.54 Å². The lowest BCUT2D eigenvalue weighted by atomic mass is 9.97. The van der Waals surface area contributed by atoms with Crippen molar-refractivity contribution in [3.05, 3.63) is 54.1 Å². The number of nitrogens with one attached hydrogen (secondary N) is 1. The molecule has 2 heterocycles. The maximum absolute atomic E-state index is 13.4. The van der Waals surface area contributed by atoms with E-state index in [1.807, 2.05) is 48.5 Å². The summed E-state index contributed by atoms with van der Waals surface area (Å²) in [5, 5.41) is 14.4. The number of amides is 1. The first-order valence-corrected chi connectivity index (χ1v) is 11.2. The second-order valence-corrected chi connectivity index (χ2v) is 8.49. The average molecular weight is 432 g/mol. The van der Waals surface area contributed by atoms with Gasteiger partial charge in [-0.05, 0) is 41.2 Å². The molecule has 1 fully saturated rings. The minimum absolute atomic E-state index is 0.0606. The largest absolute Gasteiger partial charge is 0.294 e. The fraction of sp³-hybridized carbons (Fsp3) is 0.400. The number of nitrogens with zero attached hydrogens (tertiary/aromatic N) is 5. The number of aromatic amines is 1. The Morgan fingerprint density at radius 3 is 2.59 bits per heavy atom. The zero-order chi connectivity index (χ0) is 24.5. The van der Waals surface area contributed by atoms with E-state index in [1.54, 1.807) is 4.90 Å². The summed E-state index contributed by atoms with van der Waals surface area (Å²) in [6.07, 6.45) is 4.66. The lowest BCUT2D eigenvalue weighted by Gasteiger charge is -2.23. The fourth-order valence-electron chi connectivity index (χ4n) is 4.79. The van der Waals surface area contributed by atoms with Crippen LogP contribution in [-0.2, 0) is 11.3 Å². The highest BCUT2D eigenvalue weighted by atomic mass is 16.2. The topological polar surface area (TPSA) is 87.1 Å². The lowest BCUT2D eigenvalue weighted by molar-refractivity contribution is -0.131. The van der Waals surface area contributed by atoms with Gasteiger partial charge in [0, 0.05) is 16.1 Å². The Morgan fingerprint density at radius 2 is 1.88 bits per heavy atom. The number of hydrogen-bond donors (Lipinski definition) is 1. The van der Waals surface area contributed by atoms with E-state index in [2.05, 4.69) is 20.6 Å². The molecule has 0 atom stereocenters. The summed E-state index contributed by atoms with van der Waals surface area (Å²) < 4.78 is 22.5. The Bertz CT molecular complexity index is 1210. The molecule has 164 valence electrons. The summed E-state index contributed by atoms with van der Waals surface area (Å²) in [7, 11) is 0. The monoisotopic (exact) mass is 431 g/mol. The fourth-order valence-corrected chi connectivity index (χ4v) is 4.79. The number of aliphatic imine (C=N–C) groups is 1. The predicted molar refractivity (Wildman–Crippen MR) is 124 cm³/mol. The molecule has 2 aliphatic rings. The number of carbonyl (C=O) groups excluding carboxylic acids is 1. The highest BCUT2D eigenvalue weighted by Crippen LogP contribution is 2.40. The molecule has 1 aliphatic heterocycles. The van der Waals surface area contributed by atoms with Crippen LogP contribution in [0.1, 0.15) is 61.5 Å². The Hall–Kier alpha value is -3.35. The molecule has 0 radical (unpaired) electrons. The van der Waals surface area contributed by atoms with Crippen molar-refractivity contribution in [2.45, 2.75) is 63.9 Å². The maximum atomic E-state index is 13.4. The van der Waals surface area contributed by atoms with E-state index in [0.717, 1.165) is 53.8 Å². The Kier molecular flexibility index (Phi) is 4.66. The molecule has 0 saturated heterocycles. The van der Waals surface area contributed by atoms with E-state index in [0.29, 0.717) is 25.2 Å². The van der Waals surface area contributed by atoms with Crippen molar-refractivity contribution < 1.29 is 8.91 Å². The molecule has 7 nitrogen and oxygen atoms in total. The van der Waals surface area contributed by atoms with Crippen LogP contribution in [0.15, 0.2) is 53.5 Å². The Morgan fingerprint density at radius 1 is 1.09 bits per heavy atom. The number of H-pyrrole nitrogens is 1. The summed E-state index contributed by atoms with van der Waals surface area (Å²) in [4.78, 5) is 20.1. The number of amidine groups is 1. The van der Waals surface area contributed by atoms with Crippen molar-refractivity contribution in [3.63, 3.8) is 0 Å². The summed E-state index contributed by atoms with van der Waals surface area (Å²) in [5.74, 6) is 1.32. The van der Waals surface area contributed by atoms with Crippen LogP contribution in [-0.4, -0.2) is 42.8 Å². The van der Waals surface area contributed by atoms with E-state index >= 15 is 0 Å². The molecule has 5 rings (SSSR count). The summed E-state index contributed by atoms with van der Waals surface area (Å²) in [5.41, 5.74) is 3.25. The van der Waals surface area contributed by atoms with Gasteiger partial charge in [-0.15, -0.1) is 10.2 Å². The first-order valence-electron chi connectivity index (χ1n) is 12.7. The molecule has 1 aliphatic carbocycles. The number of rotatable bonds is 7. The average Bonchev–Trinajstić information content (AvgIpc) is 3.58. The van der Waals surface area contributed by atoms with Crippen LogP contribution in [0.5, 0.6) is 0 Å². The SMILES string of the molecule is [2H]C([2H])([2H])CCCC1=NC2(CCCC2)C(=O)N1Cc1ccc(-c2ccccc2-c2nn[nH]n2)cc1. The van der Waals surface area contributed by atoms with Crippen molar-refractivity contribution in [1.29, 1.82) is 0 Å². The molecule has 2 aromatic carbocycles. The minimum Gasteiger partial charge on any atom is -0.294 e. The van der Waals surface area contributed by atoms with Crippen molar-refractivity contribution in [2.24, 2.45) is 4.99 Å². The molecule has 1 amide bonds. The zero-order valence-corrected chi connectivity index (χ0v) is 17.9. The lowest BCUT2D eigenvalue weighted by Crippen LogP contribution is -2.40. The van der Waals surface area contributed by atoms with Gasteiger partial charge in [0.15, 0.2) is 0 Å². The van der Waals surface area contributed by atoms with Gasteiger partial charge in [0.25, 0.3) is 5.91 Å². The molecule has 1 N–H and O–H groups in total. The minimum atomic E-state index is -1.97. The van der Waals surface area contributed by atoms with Gasteiger partial charge >= 0.3 is 0 Å². The van der Waals surface area contributed by atoms with E-state index < -0.39 is 12.4 Å². The smallest absolute Gasteiger partial charge is 0.256 e. The van der Waals surface area contributed by atoms with Crippen molar-refractivity contribution >= 4 is 11.7 Å². The van der Waals surface area contributed by atoms with Crippen molar-refractivity contribution in [1.82, 2.24) is 25.5 Å². The zero-order valence-electron chi connectivity index (χ0n) is 20.9. The summed E-state index contributed by atoms with van der Waals surface area (Å²) in [6.45, 7) is -1.54. The van der Waals surface area contributed by atoms with E-state index in [9.17, 15) is 4.79 Å². The van der Waals surface area contributed by atoms with E-state index in [-0.39, 0.29) is 12.3 Å². The number of benzene rings is 2. The second-order valence-electron chi connectivity index (χ2n) is 8.49. The Balaban J connectivity index is 1.35. The standard InChI is InChI=1S/C25H28N6O/c1-2-3-10-22-26-25(15-6-7-16-25)24(32)31(22)17-18-11-13-19(14-12-18)20-8-4-5-9-21(20)23-27-29-30-28-23/h4-5,8-9,11-14H,2-3,6-7,10,15-17H2,1H3,(H,27,28,29,30)/i1D3. The molecule has 32 heavy (non-hydrogen) atoms. The molecule has 1 spiro atoms. The summed E-state index contributed by atoms with van der Waals surface area (Å²) >= 11 is 0. The molecule has 7 heteroatoms. The van der Waals surface area contributed by atoms with Crippen molar-refractivity contribution in [3.8, 4) is 22.5 Å². The molecular formula is C25H28N6O. The highest BCUT2D eigenvalue weighted by Gasteiger charge is 2.49. The van der Waals surface area contributed by atoms with E-state index in [1.165, 1.54) is 0 Å². The highest BCUT2D eigenvalue weighted by molar-refractivity contribution is 6.08. The quantitative estimate of drug-likeness (QED) is 0.583. The molecular weight excluding hydrogens is 400 g/mol. The first kappa shape index (κ1) is 17.2. The summed E-state index contributed by atoms with van der Waals surface area (Å²) in [6, 6.07) is 16.0.